The summed E-state index contributed by atoms with van der Waals surface area (Å²) in [5.74, 6) is 0.783. The number of aliphatic hydroxyl groups is 2. The van der Waals surface area contributed by atoms with E-state index >= 15 is 0 Å². The first-order valence-corrected chi connectivity index (χ1v) is 31.5. The van der Waals surface area contributed by atoms with Crippen LogP contribution in [0.4, 0.5) is 0 Å². The number of nitrogens with zero attached hydrogens (tertiary/aromatic N) is 1. The summed E-state index contributed by atoms with van der Waals surface area (Å²) in [7, 11) is 0. The van der Waals surface area contributed by atoms with Gasteiger partial charge < -0.3 is 26.8 Å². The molecule has 0 aliphatic heterocycles. The van der Waals surface area contributed by atoms with E-state index in [1.54, 1.807) is 0 Å². The molecule has 0 rings (SSSR count). The molecule has 0 aliphatic carbocycles. The van der Waals surface area contributed by atoms with Gasteiger partial charge in [0, 0.05) is 40.9 Å². The smallest absolute Gasteiger partial charge is 0.0540 e. The van der Waals surface area contributed by atoms with Crippen LogP contribution in [0.25, 0.3) is 0 Å². The average molecular weight is 1130 g/mol. The van der Waals surface area contributed by atoms with Gasteiger partial charge in [-0.1, -0.05) is 285 Å². The van der Waals surface area contributed by atoms with E-state index in [-0.39, 0.29) is 27.2 Å². The molecule has 0 fully saturated rings. The molecule has 412 valence electrons. The maximum atomic E-state index is 10.0. The molecule has 4 nitrogen and oxygen atoms in total. The van der Waals surface area contributed by atoms with Gasteiger partial charge in [-0.2, -0.15) is 6.42 Å². The van der Waals surface area contributed by atoms with Crippen molar-refractivity contribution < 1.29 is 36.0 Å². The summed E-state index contributed by atoms with van der Waals surface area (Å²) >= 11 is 0. The molecule has 2 unspecified atom stereocenters. The van der Waals surface area contributed by atoms with Crippen molar-refractivity contribution in [2.24, 2.45) is 5.92 Å². The molecule has 0 spiro atoms. The quantitative estimate of drug-likeness (QED) is 0.0471. The molecule has 0 heterocycles. The van der Waals surface area contributed by atoms with Gasteiger partial charge in [0.1, 0.15) is 0 Å². The van der Waals surface area contributed by atoms with E-state index < -0.39 is 0 Å². The summed E-state index contributed by atoms with van der Waals surface area (Å²) in [6.45, 7) is 19.0. The van der Waals surface area contributed by atoms with Gasteiger partial charge >= 0.3 is 0 Å². The molecule has 68 heavy (non-hydrogen) atoms. The Bertz CT molecular complexity index is 830. The Morgan fingerprint density at radius 2 is 0.632 bits per heavy atom. The van der Waals surface area contributed by atoms with E-state index in [9.17, 15) is 5.11 Å². The molecule has 2 N–H and O–H groups in total. The van der Waals surface area contributed by atoms with E-state index in [1.165, 1.54) is 302 Å². The topological polar surface area (TPSA) is 52.9 Å². The minimum absolute atomic E-state index is 0. The van der Waals surface area contributed by atoms with Gasteiger partial charge in [-0.25, -0.2) is 0 Å². The summed E-state index contributed by atoms with van der Waals surface area (Å²) in [6.07, 6.45) is 67.3. The molecule has 0 aromatic rings. The first-order valence-electron chi connectivity index (χ1n) is 31.5. The standard InChI is InChI=1S/C40H82NO2.C23H48O.W/c1-4-7-10-13-15-17-18-20-22-26-33-40(32-25-21-19-16-14-11-8-5-2)39-43-38-31-24-23-28-35-41(36-29-30-37-42)34-27-12-9-6-3;1-3-5-7-9-11-13-14-16-18-20-22-23(24)21-19-17-15-12-10-8-6-4-2;/h40,42H,3-39H2,1-2H3;23-24H,3-22H2,1-2H3;/q-1;;. The molecular weight excluding hydrogens is 1000 g/mol. The zero-order chi connectivity index (χ0) is 49.0. The molecule has 0 aromatic heterocycles. The number of hydrogen-bond donors (Lipinski definition) is 2. The van der Waals surface area contributed by atoms with Crippen molar-refractivity contribution in [1.29, 1.82) is 0 Å². The second kappa shape index (κ2) is 67.5. The Morgan fingerprint density at radius 3 is 0.971 bits per heavy atom. The predicted molar refractivity (Wildman–Crippen MR) is 303 cm³/mol. The summed E-state index contributed by atoms with van der Waals surface area (Å²) in [6, 6.07) is 0. The maximum absolute atomic E-state index is 10.0. The fourth-order valence-electron chi connectivity index (χ4n) is 9.94. The van der Waals surface area contributed by atoms with Crippen LogP contribution in [0.3, 0.4) is 0 Å². The summed E-state index contributed by atoms with van der Waals surface area (Å²) < 4.78 is 6.29. The normalized spacial score (nSPS) is 12.4. The molecule has 0 aliphatic rings. The zero-order valence-corrected chi connectivity index (χ0v) is 50.6. The predicted octanol–water partition coefficient (Wildman–Crippen LogP) is 20.7. The van der Waals surface area contributed by atoms with Gasteiger partial charge in [0.05, 0.1) is 6.10 Å². The summed E-state index contributed by atoms with van der Waals surface area (Å²) in [5, 5.41) is 19.2. The van der Waals surface area contributed by atoms with Gasteiger partial charge in [0.25, 0.3) is 0 Å². The Kier molecular flexibility index (Phi) is 72.3. The Labute approximate surface area is 445 Å². The van der Waals surface area contributed by atoms with Crippen molar-refractivity contribution in [2.75, 3.05) is 39.5 Å². The van der Waals surface area contributed by atoms with Crippen LogP contribution in [0.1, 0.15) is 349 Å². The second-order valence-corrected chi connectivity index (χ2v) is 21.7. The second-order valence-electron chi connectivity index (χ2n) is 21.7. The van der Waals surface area contributed by atoms with Crippen LogP contribution in [0.2, 0.25) is 0 Å². The van der Waals surface area contributed by atoms with Gasteiger partial charge in [-0.3, -0.25) is 0 Å². The van der Waals surface area contributed by atoms with Crippen LogP contribution in [-0.4, -0.2) is 60.7 Å². The molecule has 0 amide bonds. The van der Waals surface area contributed by atoms with E-state index in [4.69, 9.17) is 9.84 Å². The van der Waals surface area contributed by atoms with Crippen molar-refractivity contribution >= 4 is 0 Å². The Hall–Kier alpha value is 0.528. The third kappa shape index (κ3) is 64.5. The van der Waals surface area contributed by atoms with E-state index in [0.717, 1.165) is 57.8 Å². The number of hydrogen-bond acceptors (Lipinski definition) is 4. The Balaban J connectivity index is -0.00000143. The van der Waals surface area contributed by atoms with Crippen molar-refractivity contribution in [3.63, 3.8) is 0 Å². The molecular formula is C63H130NO3W-. The molecule has 0 bridgehead atoms. The van der Waals surface area contributed by atoms with Crippen molar-refractivity contribution in [1.82, 2.24) is 4.90 Å². The molecule has 2 atom stereocenters. The van der Waals surface area contributed by atoms with E-state index in [0.29, 0.717) is 6.61 Å². The molecule has 0 saturated carbocycles. The molecule has 0 radical (unpaired) electrons. The average Bonchev–Trinajstić information content (AvgIpc) is 3.33. The van der Waals surface area contributed by atoms with Gasteiger partial charge in [0.2, 0.25) is 0 Å². The van der Waals surface area contributed by atoms with Crippen LogP contribution >= 0.6 is 0 Å². The van der Waals surface area contributed by atoms with Crippen LogP contribution in [-0.2, 0) is 25.8 Å². The van der Waals surface area contributed by atoms with Crippen LogP contribution in [0.5, 0.6) is 0 Å². The minimum Gasteiger partial charge on any atom is -0.396 e. The minimum atomic E-state index is -0.0286. The number of unbranched alkanes of at least 4 members (excludes halogenated alkanes) is 39. The molecule has 5 heteroatoms. The van der Waals surface area contributed by atoms with Gasteiger partial charge in [-0.05, 0) is 83.3 Å². The first kappa shape index (κ1) is 72.8. The van der Waals surface area contributed by atoms with E-state index in [2.05, 4.69) is 39.5 Å². The van der Waals surface area contributed by atoms with Crippen LogP contribution < -0.4 is 0 Å². The number of ether oxygens (including phenoxy) is 1. The van der Waals surface area contributed by atoms with Gasteiger partial charge in [-0.15, -0.1) is 0 Å². The third-order valence-corrected chi connectivity index (χ3v) is 14.7. The Morgan fingerprint density at radius 1 is 0.353 bits per heavy atom. The van der Waals surface area contributed by atoms with Crippen molar-refractivity contribution in [3.8, 4) is 0 Å². The third-order valence-electron chi connectivity index (χ3n) is 14.7. The van der Waals surface area contributed by atoms with E-state index in [1.807, 2.05) is 0 Å². The fourth-order valence-corrected chi connectivity index (χ4v) is 9.94. The number of aliphatic hydroxyl groups excluding tert-OH is 2. The molecule has 0 aromatic carbocycles. The summed E-state index contributed by atoms with van der Waals surface area (Å²) in [5.41, 5.74) is 0. The summed E-state index contributed by atoms with van der Waals surface area (Å²) in [4.78, 5) is 2.64. The van der Waals surface area contributed by atoms with Crippen LogP contribution in [0, 0.1) is 12.8 Å². The first-order chi connectivity index (χ1) is 33.1. The molecule has 0 saturated heterocycles. The fraction of sp³-hybridized carbons (Fsp3) is 0.984. The van der Waals surface area contributed by atoms with Crippen molar-refractivity contribution in [2.45, 2.75) is 355 Å². The monoisotopic (exact) mass is 1130 g/mol. The van der Waals surface area contributed by atoms with Crippen LogP contribution in [0.15, 0.2) is 0 Å². The largest absolute Gasteiger partial charge is 0.396 e. The maximum Gasteiger partial charge on any atom is 0.0540 e. The van der Waals surface area contributed by atoms with Gasteiger partial charge in [0.15, 0.2) is 0 Å². The van der Waals surface area contributed by atoms with Crippen molar-refractivity contribution in [3.05, 3.63) is 6.92 Å². The number of rotatable bonds is 58. The zero-order valence-electron chi connectivity index (χ0n) is 47.6. The SMILES string of the molecule is CCCCCCCCCCCCC(O)CCCCCCCCCC.[CH2-]CCCCCN(CCCCO)CCCCCCOCC(CCCCCCCCCC)CCCCCCCCCCCC.[W].